The lowest BCUT2D eigenvalue weighted by Gasteiger charge is -2.13. The summed E-state index contributed by atoms with van der Waals surface area (Å²) >= 11 is 0. The topological polar surface area (TPSA) is 100 Å². The molecule has 0 aliphatic rings. The van der Waals surface area contributed by atoms with Crippen molar-refractivity contribution in [3.05, 3.63) is 59.2 Å². The first-order chi connectivity index (χ1) is 14.4. The van der Waals surface area contributed by atoms with Crippen LogP contribution in [0.4, 0.5) is 14.5 Å². The number of rotatable bonds is 8. The lowest BCUT2D eigenvalue weighted by Crippen LogP contribution is -2.21. The van der Waals surface area contributed by atoms with E-state index in [4.69, 9.17) is 14.7 Å². The fourth-order valence-corrected chi connectivity index (χ4v) is 2.37. The van der Waals surface area contributed by atoms with Crippen molar-refractivity contribution in [2.75, 3.05) is 25.6 Å². The number of nitrogens with one attached hydrogen (secondary N) is 2. The third kappa shape index (κ3) is 6.04. The van der Waals surface area contributed by atoms with E-state index in [9.17, 15) is 18.4 Å². The van der Waals surface area contributed by atoms with Crippen molar-refractivity contribution in [2.24, 2.45) is 0 Å². The third-order valence-electron chi connectivity index (χ3n) is 3.73. The summed E-state index contributed by atoms with van der Waals surface area (Å²) in [6.45, 7) is 1.60. The van der Waals surface area contributed by atoms with E-state index in [1.807, 2.05) is 6.07 Å². The van der Waals surface area contributed by atoms with Crippen LogP contribution in [0, 0.1) is 23.0 Å². The zero-order chi connectivity index (χ0) is 22.1. The van der Waals surface area contributed by atoms with Crippen molar-refractivity contribution in [3.8, 4) is 17.6 Å². The van der Waals surface area contributed by atoms with Gasteiger partial charge in [-0.15, -0.1) is 0 Å². The molecule has 2 rings (SSSR count). The number of hydrogen-bond acceptors (Lipinski definition) is 5. The Morgan fingerprint density at radius 2 is 1.90 bits per heavy atom. The van der Waals surface area contributed by atoms with Crippen LogP contribution in [0.15, 0.2) is 42.0 Å². The molecule has 0 unspecified atom stereocenters. The molecule has 2 N–H and O–H groups in total. The van der Waals surface area contributed by atoms with E-state index >= 15 is 0 Å². The second-order valence-electron chi connectivity index (χ2n) is 5.85. The Balaban J connectivity index is 2.13. The van der Waals surface area contributed by atoms with Crippen LogP contribution in [0.1, 0.15) is 12.5 Å². The summed E-state index contributed by atoms with van der Waals surface area (Å²) in [5.41, 5.74) is 0.256. The molecule has 0 bridgehead atoms. The molecular weight excluding hydrogens is 396 g/mol. The highest BCUT2D eigenvalue weighted by atomic mass is 19.1. The number of benzene rings is 2. The van der Waals surface area contributed by atoms with Gasteiger partial charge in [0.25, 0.3) is 11.8 Å². The van der Waals surface area contributed by atoms with Gasteiger partial charge in [-0.1, -0.05) is 6.07 Å². The summed E-state index contributed by atoms with van der Waals surface area (Å²) in [6.07, 6.45) is 1.38. The van der Waals surface area contributed by atoms with Gasteiger partial charge in [-0.2, -0.15) is 5.26 Å². The van der Waals surface area contributed by atoms with Gasteiger partial charge >= 0.3 is 0 Å². The van der Waals surface area contributed by atoms with Gasteiger partial charge in [0.2, 0.25) is 0 Å². The number of amides is 2. The Labute approximate surface area is 171 Å². The number of carbonyl (C=O) groups excluding carboxylic acids is 2. The lowest BCUT2D eigenvalue weighted by molar-refractivity contribution is -0.118. The predicted octanol–water partition coefficient (Wildman–Crippen LogP) is 3.03. The Bertz CT molecular complexity index is 1020. The fourth-order valence-electron chi connectivity index (χ4n) is 2.37. The van der Waals surface area contributed by atoms with E-state index in [0.717, 1.165) is 12.1 Å². The Hall–Kier alpha value is -3.93. The highest BCUT2D eigenvalue weighted by Gasteiger charge is 2.12. The van der Waals surface area contributed by atoms with Crippen LogP contribution in [0.2, 0.25) is 0 Å². The molecule has 0 spiro atoms. The number of nitriles is 1. The summed E-state index contributed by atoms with van der Waals surface area (Å²) in [4.78, 5) is 23.7. The summed E-state index contributed by atoms with van der Waals surface area (Å²) in [5, 5.41) is 13.7. The predicted molar refractivity (Wildman–Crippen MR) is 106 cm³/mol. The zero-order valence-corrected chi connectivity index (χ0v) is 16.3. The number of nitrogens with zero attached hydrogens (tertiary/aromatic N) is 1. The minimum atomic E-state index is -0.904. The van der Waals surface area contributed by atoms with Crippen LogP contribution in [0.25, 0.3) is 6.08 Å². The van der Waals surface area contributed by atoms with Crippen LogP contribution < -0.4 is 20.1 Å². The molecule has 0 saturated carbocycles. The van der Waals surface area contributed by atoms with Crippen molar-refractivity contribution in [1.29, 1.82) is 5.26 Å². The Kier molecular flexibility index (Phi) is 7.88. The van der Waals surface area contributed by atoms with Crippen molar-refractivity contribution in [2.45, 2.75) is 6.92 Å². The van der Waals surface area contributed by atoms with Crippen LogP contribution in [-0.2, 0) is 9.59 Å². The van der Waals surface area contributed by atoms with Gasteiger partial charge < -0.3 is 20.1 Å². The summed E-state index contributed by atoms with van der Waals surface area (Å²) in [7, 11) is 1.42. The Morgan fingerprint density at radius 3 is 2.53 bits per heavy atom. The van der Waals surface area contributed by atoms with Gasteiger partial charge in [-0.25, -0.2) is 8.78 Å². The van der Waals surface area contributed by atoms with E-state index in [-0.39, 0.29) is 17.0 Å². The van der Waals surface area contributed by atoms with Crippen molar-refractivity contribution >= 4 is 23.6 Å². The highest BCUT2D eigenvalue weighted by molar-refractivity contribution is 6.01. The molecule has 2 aromatic carbocycles. The average Bonchev–Trinajstić information content (AvgIpc) is 2.73. The maximum absolute atomic E-state index is 13.6. The Morgan fingerprint density at radius 1 is 1.13 bits per heavy atom. The zero-order valence-electron chi connectivity index (χ0n) is 16.3. The van der Waals surface area contributed by atoms with Gasteiger partial charge in [0.1, 0.15) is 23.3 Å². The standard InChI is InChI=1S/C21H19F2N3O4/c1-3-29-19-9-13(8-14(11-24)21(28)25-2)4-7-18(19)30-12-20(27)26-17-6-5-15(22)10-16(17)23/h4-10H,3,12H2,1-2H3,(H,25,28)(H,26,27)/b14-8+. The molecule has 9 heteroatoms. The molecule has 0 aliphatic heterocycles. The molecule has 0 aromatic heterocycles. The first kappa shape index (κ1) is 22.4. The van der Waals surface area contributed by atoms with Crippen LogP contribution in [0.5, 0.6) is 11.5 Å². The lowest BCUT2D eigenvalue weighted by atomic mass is 10.1. The van der Waals surface area contributed by atoms with E-state index in [2.05, 4.69) is 10.6 Å². The van der Waals surface area contributed by atoms with Crippen LogP contribution in [-0.4, -0.2) is 32.1 Å². The van der Waals surface area contributed by atoms with Crippen molar-refractivity contribution < 1.29 is 27.8 Å². The van der Waals surface area contributed by atoms with Crippen LogP contribution in [0.3, 0.4) is 0 Å². The van der Waals surface area contributed by atoms with Gasteiger partial charge in [0, 0.05) is 13.1 Å². The van der Waals surface area contributed by atoms with Crippen molar-refractivity contribution in [1.82, 2.24) is 5.32 Å². The summed E-state index contributed by atoms with van der Waals surface area (Å²) in [5.74, 6) is -2.31. The second-order valence-corrected chi connectivity index (χ2v) is 5.85. The maximum atomic E-state index is 13.6. The van der Waals surface area contributed by atoms with Gasteiger partial charge in [-0.05, 0) is 42.8 Å². The first-order valence-electron chi connectivity index (χ1n) is 8.86. The number of halogens is 2. The molecule has 0 radical (unpaired) electrons. The number of likely N-dealkylation sites (N-methyl/N-ethyl adjacent to an activating group) is 1. The van der Waals surface area contributed by atoms with E-state index in [1.54, 1.807) is 19.1 Å². The summed E-state index contributed by atoms with van der Waals surface area (Å²) < 4.78 is 37.5. The molecule has 0 fully saturated rings. The van der Waals surface area contributed by atoms with Crippen LogP contribution >= 0.6 is 0 Å². The SMILES string of the molecule is CCOc1cc(/C=C(\C#N)C(=O)NC)ccc1OCC(=O)Nc1ccc(F)cc1F. The third-order valence-corrected chi connectivity index (χ3v) is 3.73. The minimum Gasteiger partial charge on any atom is -0.490 e. The number of carbonyl (C=O) groups is 2. The molecule has 2 aromatic rings. The molecule has 2 amide bonds. The minimum absolute atomic E-state index is 0.0886. The molecule has 0 aliphatic carbocycles. The second kappa shape index (κ2) is 10.6. The quantitative estimate of drug-likeness (QED) is 0.510. The van der Waals surface area contributed by atoms with Crippen molar-refractivity contribution in [3.63, 3.8) is 0 Å². The van der Waals surface area contributed by atoms with E-state index in [0.29, 0.717) is 24.0 Å². The van der Waals surface area contributed by atoms with Gasteiger partial charge in [0.15, 0.2) is 18.1 Å². The largest absolute Gasteiger partial charge is 0.490 e. The molecule has 0 atom stereocenters. The molecule has 156 valence electrons. The first-order valence-corrected chi connectivity index (χ1v) is 8.86. The normalized spacial score (nSPS) is 10.7. The molecule has 0 saturated heterocycles. The average molecular weight is 415 g/mol. The number of ether oxygens (including phenoxy) is 2. The summed E-state index contributed by atoms with van der Waals surface area (Å²) in [6, 6.07) is 9.24. The highest BCUT2D eigenvalue weighted by Crippen LogP contribution is 2.29. The number of anilines is 1. The number of hydrogen-bond donors (Lipinski definition) is 2. The van der Waals surface area contributed by atoms with Gasteiger partial charge in [0.05, 0.1) is 12.3 Å². The van der Waals surface area contributed by atoms with E-state index in [1.165, 1.54) is 19.2 Å². The molecule has 0 heterocycles. The molecule has 7 nitrogen and oxygen atoms in total. The maximum Gasteiger partial charge on any atom is 0.262 e. The smallest absolute Gasteiger partial charge is 0.262 e. The fraction of sp³-hybridized carbons (Fsp3) is 0.190. The monoisotopic (exact) mass is 415 g/mol. The van der Waals surface area contributed by atoms with E-state index < -0.39 is 30.1 Å². The molecule has 30 heavy (non-hydrogen) atoms. The molecular formula is C21H19F2N3O4. The van der Waals surface area contributed by atoms with Gasteiger partial charge in [-0.3, -0.25) is 9.59 Å².